The quantitative estimate of drug-likeness (QED) is 0.919. The van der Waals surface area contributed by atoms with Gasteiger partial charge in [-0.3, -0.25) is 4.90 Å². The van der Waals surface area contributed by atoms with Crippen molar-refractivity contribution >= 4 is 0 Å². The first-order valence-corrected chi connectivity index (χ1v) is 8.01. The molecule has 0 radical (unpaired) electrons. The van der Waals surface area contributed by atoms with E-state index < -0.39 is 0 Å². The molecule has 1 saturated heterocycles. The van der Waals surface area contributed by atoms with Gasteiger partial charge in [0.1, 0.15) is 5.75 Å². The van der Waals surface area contributed by atoms with Crippen LogP contribution in [0.1, 0.15) is 43.0 Å². The van der Waals surface area contributed by atoms with E-state index in [2.05, 4.69) is 21.2 Å². The van der Waals surface area contributed by atoms with Gasteiger partial charge in [-0.05, 0) is 49.9 Å². The van der Waals surface area contributed by atoms with Crippen LogP contribution in [0.25, 0.3) is 0 Å². The van der Waals surface area contributed by atoms with Crippen LogP contribution in [0.4, 0.5) is 0 Å². The molecule has 1 fully saturated rings. The minimum atomic E-state index is 0.347. The molecular formula is C17H23N3O2. The zero-order valence-corrected chi connectivity index (χ0v) is 13.0. The molecule has 1 aliphatic heterocycles. The smallest absolute Gasteiger partial charge is 0.230 e. The van der Waals surface area contributed by atoms with Gasteiger partial charge in [-0.15, -0.1) is 10.2 Å². The maximum atomic E-state index is 9.56. The Morgan fingerprint density at radius 3 is 3.00 bits per heavy atom. The molecular weight excluding hydrogens is 278 g/mol. The predicted molar refractivity (Wildman–Crippen MR) is 83.5 cm³/mol. The van der Waals surface area contributed by atoms with Gasteiger partial charge in [-0.1, -0.05) is 18.6 Å². The average Bonchev–Trinajstić information content (AvgIpc) is 2.92. The van der Waals surface area contributed by atoms with Crippen molar-refractivity contribution < 1.29 is 9.52 Å². The minimum absolute atomic E-state index is 0.347. The Bertz CT molecular complexity index is 611. The van der Waals surface area contributed by atoms with Crippen LogP contribution in [0.15, 0.2) is 28.7 Å². The van der Waals surface area contributed by atoms with E-state index in [9.17, 15) is 5.11 Å². The minimum Gasteiger partial charge on any atom is -0.508 e. The molecule has 1 aliphatic rings. The normalized spacial score (nSPS) is 19.4. The van der Waals surface area contributed by atoms with Crippen LogP contribution in [-0.2, 0) is 13.0 Å². The highest BCUT2D eigenvalue weighted by Gasteiger charge is 2.23. The summed E-state index contributed by atoms with van der Waals surface area (Å²) in [6, 6.07) is 8.10. The highest BCUT2D eigenvalue weighted by Crippen LogP contribution is 2.23. The third-order valence-electron chi connectivity index (χ3n) is 4.33. The van der Waals surface area contributed by atoms with Crippen LogP contribution in [0.3, 0.4) is 0 Å². The van der Waals surface area contributed by atoms with Crippen LogP contribution in [0.5, 0.6) is 5.75 Å². The highest BCUT2D eigenvalue weighted by atomic mass is 16.4. The van der Waals surface area contributed by atoms with Crippen LogP contribution < -0.4 is 0 Å². The summed E-state index contributed by atoms with van der Waals surface area (Å²) >= 11 is 0. The summed E-state index contributed by atoms with van der Waals surface area (Å²) in [5.41, 5.74) is 1.19. The summed E-state index contributed by atoms with van der Waals surface area (Å²) in [6.07, 6.45) is 5.81. The number of hydrogen-bond acceptors (Lipinski definition) is 5. The van der Waals surface area contributed by atoms with Gasteiger partial charge >= 0.3 is 0 Å². The lowest BCUT2D eigenvalue weighted by Gasteiger charge is -2.34. The Kier molecular flexibility index (Phi) is 4.73. The van der Waals surface area contributed by atoms with Crippen molar-refractivity contribution in [2.24, 2.45) is 0 Å². The summed E-state index contributed by atoms with van der Waals surface area (Å²) in [4.78, 5) is 2.46. The molecule has 1 aromatic heterocycles. The molecule has 0 amide bonds. The Morgan fingerprint density at radius 1 is 1.32 bits per heavy atom. The molecule has 0 unspecified atom stereocenters. The number of aromatic nitrogens is 2. The summed E-state index contributed by atoms with van der Waals surface area (Å²) < 4.78 is 5.52. The molecule has 0 bridgehead atoms. The van der Waals surface area contributed by atoms with Gasteiger partial charge in [0.05, 0.1) is 6.54 Å². The standard InChI is InChI=1S/C17H23N3O2/c1-13-18-19-17(22-13)12-20-10-3-2-6-15(20)9-8-14-5-4-7-16(21)11-14/h4-5,7,11,15,21H,2-3,6,8-10,12H2,1H3/t15-/m0/s1. The number of phenolic OH excluding ortho intramolecular Hbond substituents is 1. The molecule has 3 rings (SSSR count). The number of aryl methyl sites for hydroxylation is 2. The molecule has 0 saturated carbocycles. The molecule has 22 heavy (non-hydrogen) atoms. The molecule has 5 nitrogen and oxygen atoms in total. The summed E-state index contributed by atoms with van der Waals surface area (Å²) in [5, 5.41) is 17.6. The first-order valence-electron chi connectivity index (χ1n) is 8.01. The number of hydrogen-bond donors (Lipinski definition) is 1. The molecule has 1 aromatic carbocycles. The number of rotatable bonds is 5. The van der Waals surface area contributed by atoms with Crippen molar-refractivity contribution in [2.75, 3.05) is 6.54 Å². The van der Waals surface area contributed by atoms with E-state index in [-0.39, 0.29) is 0 Å². The van der Waals surface area contributed by atoms with Crippen molar-refractivity contribution in [2.45, 2.75) is 51.6 Å². The molecule has 1 N–H and O–H groups in total. The molecule has 1 atom stereocenters. The van der Waals surface area contributed by atoms with Crippen molar-refractivity contribution in [3.8, 4) is 5.75 Å². The Hall–Kier alpha value is -1.88. The van der Waals surface area contributed by atoms with Gasteiger partial charge in [0.25, 0.3) is 0 Å². The molecule has 2 aromatic rings. The number of aromatic hydroxyl groups is 1. The molecule has 2 heterocycles. The molecule has 5 heteroatoms. The van der Waals surface area contributed by atoms with Crippen molar-refractivity contribution in [3.05, 3.63) is 41.6 Å². The first-order chi connectivity index (χ1) is 10.7. The SMILES string of the molecule is Cc1nnc(CN2CCCC[C@H]2CCc2cccc(O)c2)o1. The molecule has 0 spiro atoms. The van der Waals surface area contributed by atoms with E-state index in [0.29, 0.717) is 23.6 Å². The third kappa shape index (κ3) is 3.85. The predicted octanol–water partition coefficient (Wildman–Crippen LogP) is 3.07. The number of piperidine rings is 1. The largest absolute Gasteiger partial charge is 0.508 e. The zero-order chi connectivity index (χ0) is 15.4. The fourth-order valence-electron chi connectivity index (χ4n) is 3.22. The second-order valence-corrected chi connectivity index (χ2v) is 6.04. The fourth-order valence-corrected chi connectivity index (χ4v) is 3.22. The van der Waals surface area contributed by atoms with E-state index in [1.54, 1.807) is 6.07 Å². The maximum Gasteiger partial charge on any atom is 0.230 e. The highest BCUT2D eigenvalue weighted by molar-refractivity contribution is 5.27. The summed E-state index contributed by atoms with van der Waals surface area (Å²) in [5.74, 6) is 1.68. The van der Waals surface area contributed by atoms with Crippen molar-refractivity contribution in [1.29, 1.82) is 0 Å². The fraction of sp³-hybridized carbons (Fsp3) is 0.529. The zero-order valence-electron chi connectivity index (χ0n) is 13.0. The monoisotopic (exact) mass is 301 g/mol. The van der Waals surface area contributed by atoms with Crippen molar-refractivity contribution in [1.82, 2.24) is 15.1 Å². The topological polar surface area (TPSA) is 62.4 Å². The number of likely N-dealkylation sites (tertiary alicyclic amines) is 1. The molecule has 0 aliphatic carbocycles. The van der Waals surface area contributed by atoms with Crippen LogP contribution in [-0.4, -0.2) is 32.8 Å². The lowest BCUT2D eigenvalue weighted by Crippen LogP contribution is -2.39. The van der Waals surface area contributed by atoms with Gasteiger partial charge in [-0.25, -0.2) is 0 Å². The summed E-state index contributed by atoms with van der Waals surface area (Å²) in [7, 11) is 0. The lowest BCUT2D eigenvalue weighted by molar-refractivity contribution is 0.120. The lowest BCUT2D eigenvalue weighted by atomic mass is 9.96. The van der Waals surface area contributed by atoms with Crippen LogP contribution in [0, 0.1) is 6.92 Å². The number of nitrogens with zero attached hydrogens (tertiary/aromatic N) is 3. The number of phenols is 1. The average molecular weight is 301 g/mol. The van der Waals surface area contributed by atoms with E-state index in [4.69, 9.17) is 4.42 Å². The second kappa shape index (κ2) is 6.92. The van der Waals surface area contributed by atoms with E-state index >= 15 is 0 Å². The Morgan fingerprint density at radius 2 is 2.23 bits per heavy atom. The Balaban J connectivity index is 1.60. The second-order valence-electron chi connectivity index (χ2n) is 6.04. The third-order valence-corrected chi connectivity index (χ3v) is 4.33. The van der Waals surface area contributed by atoms with Crippen molar-refractivity contribution in [3.63, 3.8) is 0 Å². The van der Waals surface area contributed by atoms with E-state index in [1.807, 2.05) is 19.1 Å². The molecule has 118 valence electrons. The van der Waals surface area contributed by atoms with Gasteiger partial charge < -0.3 is 9.52 Å². The van der Waals surface area contributed by atoms with Crippen LogP contribution >= 0.6 is 0 Å². The van der Waals surface area contributed by atoms with E-state index in [0.717, 1.165) is 25.9 Å². The van der Waals surface area contributed by atoms with Gasteiger partial charge in [0.15, 0.2) is 0 Å². The van der Waals surface area contributed by atoms with E-state index in [1.165, 1.54) is 24.8 Å². The maximum absolute atomic E-state index is 9.56. The Labute approximate surface area is 131 Å². The number of benzene rings is 1. The van der Waals surface area contributed by atoms with Gasteiger partial charge in [0, 0.05) is 13.0 Å². The van der Waals surface area contributed by atoms with Gasteiger partial charge in [-0.2, -0.15) is 0 Å². The summed E-state index contributed by atoms with van der Waals surface area (Å²) in [6.45, 7) is 3.66. The van der Waals surface area contributed by atoms with Gasteiger partial charge in [0.2, 0.25) is 11.8 Å². The van der Waals surface area contributed by atoms with Crippen LogP contribution in [0.2, 0.25) is 0 Å². The first kappa shape index (κ1) is 15.0.